The van der Waals surface area contributed by atoms with Crippen LogP contribution in [0.25, 0.3) is 0 Å². The molecule has 0 N–H and O–H groups in total. The van der Waals surface area contributed by atoms with Crippen LogP contribution in [0.3, 0.4) is 0 Å². The predicted octanol–water partition coefficient (Wildman–Crippen LogP) is 5.17. The van der Waals surface area contributed by atoms with Crippen molar-refractivity contribution in [1.29, 1.82) is 0 Å². The molecule has 0 aliphatic carbocycles. The molecule has 0 bridgehead atoms. The van der Waals surface area contributed by atoms with E-state index in [1.165, 1.54) is 12.1 Å². The standard InChI is InChI=1S/C13H16BrClF2/c1-8(2)13(3,7-15)6-9-11(16)5-4-10(14)12(9)17/h4-5,8H,6-7H2,1-3H3. The van der Waals surface area contributed by atoms with Gasteiger partial charge in [0, 0.05) is 11.4 Å². The lowest BCUT2D eigenvalue weighted by Gasteiger charge is -2.32. The number of hydrogen-bond donors (Lipinski definition) is 0. The van der Waals surface area contributed by atoms with Crippen LogP contribution >= 0.6 is 27.5 Å². The minimum Gasteiger partial charge on any atom is -0.207 e. The molecule has 0 radical (unpaired) electrons. The Bertz CT molecular complexity index is 407. The van der Waals surface area contributed by atoms with Crippen LogP contribution in [0, 0.1) is 23.0 Å². The topological polar surface area (TPSA) is 0 Å². The fourth-order valence-electron chi connectivity index (χ4n) is 1.54. The van der Waals surface area contributed by atoms with Crippen LogP contribution in [0.5, 0.6) is 0 Å². The van der Waals surface area contributed by atoms with Gasteiger partial charge in [-0.3, -0.25) is 0 Å². The molecule has 4 heteroatoms. The number of hydrogen-bond acceptors (Lipinski definition) is 0. The van der Waals surface area contributed by atoms with Crippen LogP contribution in [0.4, 0.5) is 8.78 Å². The van der Waals surface area contributed by atoms with Gasteiger partial charge in [0.1, 0.15) is 11.6 Å². The van der Waals surface area contributed by atoms with Gasteiger partial charge in [-0.05, 0) is 45.8 Å². The van der Waals surface area contributed by atoms with Gasteiger partial charge in [-0.1, -0.05) is 20.8 Å². The average molecular weight is 326 g/mol. The first-order valence-electron chi connectivity index (χ1n) is 5.50. The summed E-state index contributed by atoms with van der Waals surface area (Å²) < 4.78 is 27.8. The highest BCUT2D eigenvalue weighted by atomic mass is 79.9. The summed E-state index contributed by atoms with van der Waals surface area (Å²) in [5.74, 6) is -0.418. The first-order valence-corrected chi connectivity index (χ1v) is 6.83. The molecule has 0 amide bonds. The van der Waals surface area contributed by atoms with E-state index >= 15 is 0 Å². The van der Waals surface area contributed by atoms with Crippen molar-refractivity contribution in [3.8, 4) is 0 Å². The van der Waals surface area contributed by atoms with E-state index < -0.39 is 11.6 Å². The molecular formula is C13H16BrClF2. The summed E-state index contributed by atoms with van der Waals surface area (Å²) in [5, 5.41) is 0. The molecule has 1 atom stereocenters. The van der Waals surface area contributed by atoms with Crippen LogP contribution in [-0.2, 0) is 6.42 Å². The van der Waals surface area contributed by atoms with E-state index in [0.29, 0.717) is 12.3 Å². The molecule has 0 aromatic heterocycles. The van der Waals surface area contributed by atoms with Gasteiger partial charge in [0.25, 0.3) is 0 Å². The van der Waals surface area contributed by atoms with E-state index in [-0.39, 0.29) is 21.4 Å². The van der Waals surface area contributed by atoms with Gasteiger partial charge in [0.2, 0.25) is 0 Å². The number of alkyl halides is 1. The fraction of sp³-hybridized carbons (Fsp3) is 0.538. The Balaban J connectivity index is 3.14. The fourth-order valence-corrected chi connectivity index (χ4v) is 2.32. The molecule has 1 aromatic carbocycles. The molecule has 0 heterocycles. The first-order chi connectivity index (χ1) is 7.81. The third-order valence-corrected chi connectivity index (χ3v) is 4.64. The van der Waals surface area contributed by atoms with Gasteiger partial charge in [-0.2, -0.15) is 0 Å². The minimum atomic E-state index is -0.526. The Morgan fingerprint density at radius 3 is 2.41 bits per heavy atom. The molecule has 0 aliphatic heterocycles. The SMILES string of the molecule is CC(C)C(C)(CCl)Cc1c(F)ccc(Br)c1F. The Hall–Kier alpha value is -0.150. The van der Waals surface area contributed by atoms with Crippen molar-refractivity contribution in [3.63, 3.8) is 0 Å². The summed E-state index contributed by atoms with van der Waals surface area (Å²) in [6, 6.07) is 2.65. The monoisotopic (exact) mass is 324 g/mol. The Labute approximate surface area is 114 Å². The number of benzene rings is 1. The van der Waals surface area contributed by atoms with E-state index in [2.05, 4.69) is 15.9 Å². The van der Waals surface area contributed by atoms with E-state index in [0.717, 1.165) is 0 Å². The maximum absolute atomic E-state index is 13.9. The number of halogens is 4. The van der Waals surface area contributed by atoms with Crippen molar-refractivity contribution in [2.24, 2.45) is 11.3 Å². The van der Waals surface area contributed by atoms with E-state index in [9.17, 15) is 8.78 Å². The molecule has 1 aromatic rings. The van der Waals surface area contributed by atoms with Crippen LogP contribution < -0.4 is 0 Å². The molecule has 1 rings (SSSR count). The normalized spacial score (nSPS) is 15.1. The van der Waals surface area contributed by atoms with Crippen LogP contribution in [-0.4, -0.2) is 5.88 Å². The summed E-state index contributed by atoms with van der Waals surface area (Å²) >= 11 is 9.01. The smallest absolute Gasteiger partial charge is 0.143 e. The number of rotatable bonds is 4. The maximum Gasteiger partial charge on any atom is 0.143 e. The van der Waals surface area contributed by atoms with Crippen LogP contribution in [0.2, 0.25) is 0 Å². The largest absolute Gasteiger partial charge is 0.207 e. The van der Waals surface area contributed by atoms with Gasteiger partial charge >= 0.3 is 0 Å². The summed E-state index contributed by atoms with van der Waals surface area (Å²) in [6.07, 6.45) is 0.297. The summed E-state index contributed by atoms with van der Waals surface area (Å²) in [7, 11) is 0. The lowest BCUT2D eigenvalue weighted by Crippen LogP contribution is -2.29. The van der Waals surface area contributed by atoms with E-state index in [1.54, 1.807) is 0 Å². The van der Waals surface area contributed by atoms with E-state index in [4.69, 9.17) is 11.6 Å². The van der Waals surface area contributed by atoms with Crippen molar-refractivity contribution in [2.75, 3.05) is 5.88 Å². The van der Waals surface area contributed by atoms with E-state index in [1.807, 2.05) is 20.8 Å². The minimum absolute atomic E-state index is 0.108. The Morgan fingerprint density at radius 2 is 1.94 bits per heavy atom. The predicted molar refractivity (Wildman–Crippen MR) is 71.4 cm³/mol. The van der Waals surface area contributed by atoms with Crippen molar-refractivity contribution in [2.45, 2.75) is 27.2 Å². The molecule has 0 spiro atoms. The molecule has 1 unspecified atom stereocenters. The summed E-state index contributed by atoms with van der Waals surface area (Å²) in [5.41, 5.74) is -0.208. The van der Waals surface area contributed by atoms with Gasteiger partial charge in [-0.15, -0.1) is 11.6 Å². The molecule has 0 saturated heterocycles. The summed E-state index contributed by atoms with van der Waals surface area (Å²) in [6.45, 7) is 5.97. The van der Waals surface area contributed by atoms with Crippen LogP contribution in [0.15, 0.2) is 16.6 Å². The molecular weight excluding hydrogens is 309 g/mol. The zero-order valence-electron chi connectivity index (χ0n) is 10.2. The van der Waals surface area contributed by atoms with Crippen molar-refractivity contribution < 1.29 is 8.78 Å². The highest BCUT2D eigenvalue weighted by molar-refractivity contribution is 9.10. The Morgan fingerprint density at radius 1 is 1.35 bits per heavy atom. The van der Waals surface area contributed by atoms with Crippen molar-refractivity contribution in [1.82, 2.24) is 0 Å². The molecule has 0 nitrogen and oxygen atoms in total. The Kier molecular flexibility index (Phi) is 4.96. The van der Waals surface area contributed by atoms with Gasteiger partial charge in [0.15, 0.2) is 0 Å². The molecule has 96 valence electrons. The molecule has 0 saturated carbocycles. The zero-order valence-corrected chi connectivity index (χ0v) is 12.5. The zero-order chi connectivity index (χ0) is 13.2. The molecule has 17 heavy (non-hydrogen) atoms. The summed E-state index contributed by atoms with van der Waals surface area (Å²) in [4.78, 5) is 0. The maximum atomic E-state index is 13.9. The third kappa shape index (κ3) is 3.19. The van der Waals surface area contributed by atoms with Crippen molar-refractivity contribution in [3.05, 3.63) is 33.8 Å². The lowest BCUT2D eigenvalue weighted by atomic mass is 9.76. The lowest BCUT2D eigenvalue weighted by molar-refractivity contribution is 0.247. The molecule has 0 aliphatic rings. The average Bonchev–Trinajstić information content (AvgIpc) is 2.29. The quantitative estimate of drug-likeness (QED) is 0.529. The van der Waals surface area contributed by atoms with Crippen molar-refractivity contribution >= 4 is 27.5 Å². The van der Waals surface area contributed by atoms with Gasteiger partial charge < -0.3 is 0 Å². The highest BCUT2D eigenvalue weighted by Crippen LogP contribution is 2.35. The third-order valence-electron chi connectivity index (χ3n) is 3.42. The second-order valence-corrected chi connectivity index (χ2v) is 6.06. The van der Waals surface area contributed by atoms with Gasteiger partial charge in [0.05, 0.1) is 4.47 Å². The second kappa shape index (κ2) is 5.66. The van der Waals surface area contributed by atoms with Gasteiger partial charge in [-0.25, -0.2) is 8.78 Å². The second-order valence-electron chi connectivity index (χ2n) is 4.94. The van der Waals surface area contributed by atoms with Crippen LogP contribution in [0.1, 0.15) is 26.3 Å². The highest BCUT2D eigenvalue weighted by Gasteiger charge is 2.30. The first kappa shape index (κ1) is 14.9. The molecule has 0 fully saturated rings.